The van der Waals surface area contributed by atoms with Crippen molar-refractivity contribution in [1.29, 1.82) is 0 Å². The fraction of sp³-hybridized carbons (Fsp3) is 0.190. The molecule has 0 saturated heterocycles. The summed E-state index contributed by atoms with van der Waals surface area (Å²) in [5, 5.41) is 11.7. The Bertz CT molecular complexity index is 1230. The number of hydrogen-bond donors (Lipinski definition) is 1. The van der Waals surface area contributed by atoms with E-state index in [1.54, 1.807) is 18.2 Å². The fourth-order valence-electron chi connectivity index (χ4n) is 2.98. The smallest absolute Gasteiger partial charge is 0.234 e. The molecule has 2 aromatic heterocycles. The van der Waals surface area contributed by atoms with E-state index in [4.69, 9.17) is 0 Å². The molecule has 0 saturated carbocycles. The van der Waals surface area contributed by atoms with Crippen molar-refractivity contribution in [2.45, 2.75) is 25.4 Å². The van der Waals surface area contributed by atoms with E-state index < -0.39 is 0 Å². The molecule has 0 radical (unpaired) electrons. The lowest BCUT2D eigenvalue weighted by Crippen LogP contribution is -2.15. The maximum absolute atomic E-state index is 14.0. The summed E-state index contributed by atoms with van der Waals surface area (Å²) >= 11 is 1.26. The average molecular weight is 422 g/mol. The standard InChI is InChI=1S/C21H19FN6OS/c1-13-6-5-9-17(14(13)2)25-18(29)11-30-21-19-20(23-12-24-21)28(27-26-19)10-15-7-3-4-8-16(15)22/h3-9,12H,10-11H2,1-2H3,(H,25,29). The summed E-state index contributed by atoms with van der Waals surface area (Å²) < 4.78 is 15.5. The maximum atomic E-state index is 14.0. The van der Waals surface area contributed by atoms with Crippen molar-refractivity contribution in [3.05, 3.63) is 71.3 Å². The summed E-state index contributed by atoms with van der Waals surface area (Å²) in [6.45, 7) is 4.18. The molecule has 152 valence electrons. The summed E-state index contributed by atoms with van der Waals surface area (Å²) in [5.41, 5.74) is 4.42. The van der Waals surface area contributed by atoms with Crippen LogP contribution in [-0.2, 0) is 11.3 Å². The maximum Gasteiger partial charge on any atom is 0.234 e. The van der Waals surface area contributed by atoms with Crippen LogP contribution in [0.2, 0.25) is 0 Å². The number of halogens is 1. The molecule has 2 aromatic carbocycles. The first-order valence-corrected chi connectivity index (χ1v) is 10.3. The summed E-state index contributed by atoms with van der Waals surface area (Å²) in [6, 6.07) is 12.3. The number of amides is 1. The second-order valence-electron chi connectivity index (χ2n) is 6.77. The molecule has 4 aromatic rings. The number of nitrogens with one attached hydrogen (secondary N) is 1. The lowest BCUT2D eigenvalue weighted by Gasteiger charge is -2.10. The quantitative estimate of drug-likeness (QED) is 0.376. The number of rotatable bonds is 6. The summed E-state index contributed by atoms with van der Waals surface area (Å²) in [7, 11) is 0. The highest BCUT2D eigenvalue weighted by Crippen LogP contribution is 2.24. The van der Waals surface area contributed by atoms with Crippen LogP contribution in [0, 0.1) is 19.7 Å². The number of aromatic nitrogens is 5. The van der Waals surface area contributed by atoms with Gasteiger partial charge in [-0.1, -0.05) is 47.3 Å². The minimum absolute atomic E-state index is 0.140. The molecule has 1 amide bonds. The molecule has 0 bridgehead atoms. The predicted octanol–water partition coefficient (Wildman–Crippen LogP) is 3.76. The van der Waals surface area contributed by atoms with Gasteiger partial charge in [-0.2, -0.15) is 0 Å². The van der Waals surface area contributed by atoms with Gasteiger partial charge in [-0.05, 0) is 37.1 Å². The number of benzene rings is 2. The summed E-state index contributed by atoms with van der Waals surface area (Å²) in [6.07, 6.45) is 1.40. The van der Waals surface area contributed by atoms with E-state index in [0.29, 0.717) is 21.8 Å². The van der Waals surface area contributed by atoms with Gasteiger partial charge in [0.2, 0.25) is 5.91 Å². The molecule has 4 rings (SSSR count). The van der Waals surface area contributed by atoms with Crippen LogP contribution in [0.1, 0.15) is 16.7 Å². The zero-order valence-electron chi connectivity index (χ0n) is 16.5. The number of anilines is 1. The largest absolute Gasteiger partial charge is 0.325 e. The van der Waals surface area contributed by atoms with E-state index in [1.165, 1.54) is 28.8 Å². The first kappa shape index (κ1) is 20.0. The van der Waals surface area contributed by atoms with Gasteiger partial charge in [-0.3, -0.25) is 4.79 Å². The van der Waals surface area contributed by atoms with Gasteiger partial charge in [0.05, 0.1) is 12.3 Å². The Balaban J connectivity index is 1.48. The zero-order chi connectivity index (χ0) is 21.1. The minimum atomic E-state index is -0.312. The molecule has 1 N–H and O–H groups in total. The molecule has 0 fully saturated rings. The molecule has 0 aliphatic heterocycles. The number of hydrogen-bond acceptors (Lipinski definition) is 6. The SMILES string of the molecule is Cc1cccc(NC(=O)CSc2ncnc3c2nnn3Cc2ccccc2F)c1C. The van der Waals surface area contributed by atoms with Crippen molar-refractivity contribution in [2.24, 2.45) is 0 Å². The highest BCUT2D eigenvalue weighted by molar-refractivity contribution is 8.00. The monoisotopic (exact) mass is 422 g/mol. The molecule has 2 heterocycles. The van der Waals surface area contributed by atoms with E-state index in [9.17, 15) is 9.18 Å². The Morgan fingerprint density at radius 3 is 2.80 bits per heavy atom. The predicted molar refractivity (Wildman–Crippen MR) is 114 cm³/mol. The molecule has 30 heavy (non-hydrogen) atoms. The van der Waals surface area contributed by atoms with Crippen LogP contribution in [0.15, 0.2) is 53.8 Å². The number of aryl methyl sites for hydroxylation is 1. The van der Waals surface area contributed by atoms with Crippen molar-refractivity contribution in [3.63, 3.8) is 0 Å². The van der Waals surface area contributed by atoms with Gasteiger partial charge in [0, 0.05) is 11.3 Å². The number of carbonyl (C=O) groups excluding carboxylic acids is 1. The first-order chi connectivity index (χ1) is 14.5. The Morgan fingerprint density at radius 2 is 1.97 bits per heavy atom. The second-order valence-corrected chi connectivity index (χ2v) is 7.74. The van der Waals surface area contributed by atoms with E-state index in [1.807, 2.05) is 32.0 Å². The molecular weight excluding hydrogens is 403 g/mol. The fourth-order valence-corrected chi connectivity index (χ4v) is 3.71. The van der Waals surface area contributed by atoms with Crippen molar-refractivity contribution >= 4 is 34.5 Å². The molecule has 0 unspecified atom stereocenters. The van der Waals surface area contributed by atoms with Crippen molar-refractivity contribution < 1.29 is 9.18 Å². The van der Waals surface area contributed by atoms with Crippen LogP contribution in [0.25, 0.3) is 11.2 Å². The highest BCUT2D eigenvalue weighted by atomic mass is 32.2. The Morgan fingerprint density at radius 1 is 1.13 bits per heavy atom. The van der Waals surface area contributed by atoms with Gasteiger partial charge < -0.3 is 5.32 Å². The molecule has 0 atom stereocenters. The van der Waals surface area contributed by atoms with Crippen LogP contribution >= 0.6 is 11.8 Å². The molecule has 0 aliphatic rings. The van der Waals surface area contributed by atoms with Crippen molar-refractivity contribution in [2.75, 3.05) is 11.1 Å². The number of fused-ring (bicyclic) bond motifs is 1. The molecule has 0 spiro atoms. The second kappa shape index (κ2) is 8.58. The van der Waals surface area contributed by atoms with Gasteiger partial charge in [-0.25, -0.2) is 19.0 Å². The van der Waals surface area contributed by atoms with Crippen molar-refractivity contribution in [3.8, 4) is 0 Å². The minimum Gasteiger partial charge on any atom is -0.325 e. The van der Waals surface area contributed by atoms with Crippen molar-refractivity contribution in [1.82, 2.24) is 25.0 Å². The topological polar surface area (TPSA) is 85.6 Å². The average Bonchev–Trinajstić information content (AvgIpc) is 3.15. The normalized spacial score (nSPS) is 11.0. The first-order valence-electron chi connectivity index (χ1n) is 9.29. The third kappa shape index (κ3) is 4.16. The number of nitrogens with zero attached hydrogens (tertiary/aromatic N) is 5. The molecule has 0 aliphatic carbocycles. The molecule has 9 heteroatoms. The lowest BCUT2D eigenvalue weighted by molar-refractivity contribution is -0.113. The Kier molecular flexibility index (Phi) is 5.71. The van der Waals surface area contributed by atoms with E-state index >= 15 is 0 Å². The van der Waals surface area contributed by atoms with Gasteiger partial charge in [0.25, 0.3) is 0 Å². The lowest BCUT2D eigenvalue weighted by atomic mass is 10.1. The third-order valence-corrected chi connectivity index (χ3v) is 5.74. The molecular formula is C21H19FN6OS. The summed E-state index contributed by atoms with van der Waals surface area (Å²) in [4.78, 5) is 20.9. The van der Waals surface area contributed by atoms with Crippen LogP contribution < -0.4 is 5.32 Å². The van der Waals surface area contributed by atoms with Gasteiger partial charge in [-0.15, -0.1) is 5.10 Å². The number of carbonyl (C=O) groups is 1. The van der Waals surface area contributed by atoms with Crippen LogP contribution in [0.3, 0.4) is 0 Å². The third-order valence-electron chi connectivity index (χ3n) is 4.76. The van der Waals surface area contributed by atoms with Gasteiger partial charge >= 0.3 is 0 Å². The molecule has 7 nitrogen and oxygen atoms in total. The Hall–Kier alpha value is -3.33. The summed E-state index contributed by atoms with van der Waals surface area (Å²) in [5.74, 6) is -0.285. The van der Waals surface area contributed by atoms with E-state index in [-0.39, 0.29) is 24.0 Å². The van der Waals surface area contributed by atoms with E-state index in [0.717, 1.165) is 16.8 Å². The van der Waals surface area contributed by atoms with Crippen LogP contribution in [-0.4, -0.2) is 36.6 Å². The van der Waals surface area contributed by atoms with Crippen LogP contribution in [0.5, 0.6) is 0 Å². The Labute approximate surface area is 176 Å². The number of thioether (sulfide) groups is 1. The van der Waals surface area contributed by atoms with Gasteiger partial charge in [0.1, 0.15) is 17.2 Å². The highest BCUT2D eigenvalue weighted by Gasteiger charge is 2.15. The zero-order valence-corrected chi connectivity index (χ0v) is 17.3. The van der Waals surface area contributed by atoms with E-state index in [2.05, 4.69) is 25.6 Å². The van der Waals surface area contributed by atoms with Crippen LogP contribution in [0.4, 0.5) is 10.1 Å². The van der Waals surface area contributed by atoms with Gasteiger partial charge in [0.15, 0.2) is 11.2 Å².